The zero-order valence-electron chi connectivity index (χ0n) is 9.67. The van der Waals surface area contributed by atoms with Crippen LogP contribution in [0.25, 0.3) is 0 Å². The minimum absolute atomic E-state index is 0.264. The van der Waals surface area contributed by atoms with Gasteiger partial charge >= 0.3 is 0 Å². The molecule has 0 saturated carbocycles. The molecule has 0 aromatic carbocycles. The number of nitrogens with zero attached hydrogens (tertiary/aromatic N) is 1. The summed E-state index contributed by atoms with van der Waals surface area (Å²) in [6.07, 6.45) is 4.75. The highest BCUT2D eigenvalue weighted by Gasteiger charge is 2.27. The summed E-state index contributed by atoms with van der Waals surface area (Å²) in [5.41, 5.74) is 0. The molecule has 2 aliphatic rings. The van der Waals surface area contributed by atoms with Crippen molar-refractivity contribution in [3.63, 3.8) is 0 Å². The Kier molecular flexibility index (Phi) is 3.62. The maximum Gasteiger partial charge on any atom is 0.225 e. The molecule has 2 heterocycles. The first-order valence-corrected chi connectivity index (χ1v) is 6.27. The lowest BCUT2D eigenvalue weighted by molar-refractivity contribution is -0.138. The Morgan fingerprint density at radius 2 is 2.07 bits per heavy atom. The predicted molar refractivity (Wildman–Crippen MR) is 60.6 cm³/mol. The number of carbonyl (C=O) groups is 1. The number of hydrogen-bond acceptors (Lipinski definition) is 2. The van der Waals surface area contributed by atoms with Gasteiger partial charge < -0.3 is 10.2 Å². The van der Waals surface area contributed by atoms with Crippen molar-refractivity contribution in [3.8, 4) is 0 Å². The second-order valence-corrected chi connectivity index (χ2v) is 5.02. The van der Waals surface area contributed by atoms with Crippen LogP contribution in [0.3, 0.4) is 0 Å². The lowest BCUT2D eigenvalue weighted by Crippen LogP contribution is -2.44. The molecule has 1 unspecified atom stereocenters. The van der Waals surface area contributed by atoms with Gasteiger partial charge in [-0.05, 0) is 44.7 Å². The summed E-state index contributed by atoms with van der Waals surface area (Å²) in [5, 5.41) is 3.37. The zero-order chi connectivity index (χ0) is 10.7. The summed E-state index contributed by atoms with van der Waals surface area (Å²) in [6, 6.07) is 0. The molecule has 15 heavy (non-hydrogen) atoms. The van der Waals surface area contributed by atoms with Crippen LogP contribution < -0.4 is 5.32 Å². The highest BCUT2D eigenvalue weighted by atomic mass is 16.2. The Bertz CT molecular complexity index is 224. The molecule has 0 bridgehead atoms. The van der Waals surface area contributed by atoms with E-state index < -0.39 is 0 Å². The van der Waals surface area contributed by atoms with E-state index in [4.69, 9.17) is 0 Å². The van der Waals surface area contributed by atoms with Gasteiger partial charge in [-0.15, -0.1) is 0 Å². The Balaban J connectivity index is 1.84. The van der Waals surface area contributed by atoms with E-state index >= 15 is 0 Å². The minimum atomic E-state index is 0.264. The molecule has 3 nitrogen and oxygen atoms in total. The summed E-state index contributed by atoms with van der Waals surface area (Å²) in [6.45, 7) is 6.32. The quantitative estimate of drug-likeness (QED) is 0.744. The van der Waals surface area contributed by atoms with Crippen molar-refractivity contribution in [1.29, 1.82) is 0 Å². The summed E-state index contributed by atoms with van der Waals surface area (Å²) >= 11 is 0. The van der Waals surface area contributed by atoms with Gasteiger partial charge in [-0.3, -0.25) is 4.79 Å². The summed E-state index contributed by atoms with van der Waals surface area (Å²) in [4.78, 5) is 14.0. The van der Waals surface area contributed by atoms with Crippen LogP contribution in [0.4, 0.5) is 0 Å². The summed E-state index contributed by atoms with van der Waals surface area (Å²) in [7, 11) is 0. The molecule has 0 aromatic heterocycles. The van der Waals surface area contributed by atoms with E-state index in [1.807, 2.05) is 0 Å². The predicted octanol–water partition coefficient (Wildman–Crippen LogP) is 1.24. The second-order valence-electron chi connectivity index (χ2n) is 5.02. The molecule has 3 heteroatoms. The number of piperidine rings is 2. The third kappa shape index (κ3) is 2.71. The fourth-order valence-electron chi connectivity index (χ4n) is 2.69. The molecule has 2 aliphatic heterocycles. The van der Waals surface area contributed by atoms with Crippen molar-refractivity contribution in [1.82, 2.24) is 10.2 Å². The van der Waals surface area contributed by atoms with E-state index in [9.17, 15) is 4.79 Å². The molecule has 2 fully saturated rings. The van der Waals surface area contributed by atoms with Crippen LogP contribution in [0.5, 0.6) is 0 Å². The first kappa shape index (κ1) is 10.9. The van der Waals surface area contributed by atoms with Crippen LogP contribution >= 0.6 is 0 Å². The number of rotatable bonds is 2. The summed E-state index contributed by atoms with van der Waals surface area (Å²) in [5.74, 6) is 1.39. The number of carbonyl (C=O) groups excluding carboxylic acids is 1. The fraction of sp³-hybridized carbons (Fsp3) is 0.917. The first-order valence-electron chi connectivity index (χ1n) is 6.27. The smallest absolute Gasteiger partial charge is 0.225 e. The van der Waals surface area contributed by atoms with E-state index in [-0.39, 0.29) is 5.92 Å². The Hall–Kier alpha value is -0.570. The van der Waals surface area contributed by atoms with Crippen LogP contribution in [-0.2, 0) is 4.79 Å². The van der Waals surface area contributed by atoms with Crippen LogP contribution in [0, 0.1) is 11.8 Å². The number of nitrogens with one attached hydrogen (secondary N) is 1. The monoisotopic (exact) mass is 210 g/mol. The number of amides is 1. The molecule has 0 spiro atoms. The van der Waals surface area contributed by atoms with Gasteiger partial charge in [-0.1, -0.05) is 6.92 Å². The highest BCUT2D eigenvalue weighted by Crippen LogP contribution is 2.21. The van der Waals surface area contributed by atoms with E-state index in [2.05, 4.69) is 17.1 Å². The molecule has 2 rings (SSSR count). The van der Waals surface area contributed by atoms with Crippen molar-refractivity contribution < 1.29 is 4.79 Å². The van der Waals surface area contributed by atoms with Gasteiger partial charge in [0.05, 0.1) is 0 Å². The Morgan fingerprint density at radius 3 is 2.80 bits per heavy atom. The van der Waals surface area contributed by atoms with E-state index in [0.29, 0.717) is 5.91 Å². The Morgan fingerprint density at radius 1 is 1.33 bits per heavy atom. The molecular weight excluding hydrogens is 188 g/mol. The van der Waals surface area contributed by atoms with Crippen molar-refractivity contribution >= 4 is 5.91 Å². The minimum Gasteiger partial charge on any atom is -0.342 e. The van der Waals surface area contributed by atoms with Crippen LogP contribution in [0.15, 0.2) is 0 Å². The van der Waals surface area contributed by atoms with E-state index in [0.717, 1.165) is 38.5 Å². The fourth-order valence-corrected chi connectivity index (χ4v) is 2.69. The number of likely N-dealkylation sites (tertiary alicyclic amines) is 1. The lowest BCUT2D eigenvalue weighted by Gasteiger charge is -2.34. The molecule has 1 amide bonds. The van der Waals surface area contributed by atoms with Crippen molar-refractivity contribution in [2.45, 2.75) is 32.6 Å². The second kappa shape index (κ2) is 4.97. The van der Waals surface area contributed by atoms with Crippen molar-refractivity contribution in [2.75, 3.05) is 26.2 Å². The van der Waals surface area contributed by atoms with Gasteiger partial charge in [0.2, 0.25) is 5.91 Å². The lowest BCUT2D eigenvalue weighted by atomic mass is 9.94. The molecule has 0 aromatic rings. The largest absolute Gasteiger partial charge is 0.342 e. The zero-order valence-corrected chi connectivity index (χ0v) is 9.67. The molecule has 2 saturated heterocycles. The molecule has 0 aliphatic carbocycles. The van der Waals surface area contributed by atoms with E-state index in [1.165, 1.54) is 19.3 Å². The van der Waals surface area contributed by atoms with Gasteiger partial charge in [-0.2, -0.15) is 0 Å². The van der Waals surface area contributed by atoms with E-state index in [1.54, 1.807) is 0 Å². The SMILES string of the molecule is CC1CCCN(CC2CCNCC2)C1=O. The van der Waals surface area contributed by atoms with Crippen LogP contribution in [0.2, 0.25) is 0 Å². The average Bonchev–Trinajstić information content (AvgIpc) is 2.26. The maximum atomic E-state index is 11.9. The molecule has 1 N–H and O–H groups in total. The van der Waals surface area contributed by atoms with Crippen molar-refractivity contribution in [2.24, 2.45) is 11.8 Å². The standard InChI is InChI=1S/C12H22N2O/c1-10-3-2-8-14(12(10)15)9-11-4-6-13-7-5-11/h10-11,13H,2-9H2,1H3. The third-order valence-corrected chi connectivity index (χ3v) is 3.74. The molecule has 0 radical (unpaired) electrons. The van der Waals surface area contributed by atoms with Gasteiger partial charge in [0, 0.05) is 19.0 Å². The topological polar surface area (TPSA) is 32.3 Å². The van der Waals surface area contributed by atoms with Gasteiger partial charge in [0.1, 0.15) is 0 Å². The van der Waals surface area contributed by atoms with Gasteiger partial charge in [0.25, 0.3) is 0 Å². The molecule has 1 atom stereocenters. The maximum absolute atomic E-state index is 11.9. The molecule has 86 valence electrons. The first-order chi connectivity index (χ1) is 7.27. The number of hydrogen-bond donors (Lipinski definition) is 1. The Labute approximate surface area is 92.2 Å². The normalized spacial score (nSPS) is 29.5. The molecular formula is C12H22N2O. The average molecular weight is 210 g/mol. The highest BCUT2D eigenvalue weighted by molar-refractivity contribution is 5.79. The van der Waals surface area contributed by atoms with Gasteiger partial charge in [-0.25, -0.2) is 0 Å². The van der Waals surface area contributed by atoms with Crippen molar-refractivity contribution in [3.05, 3.63) is 0 Å². The summed E-state index contributed by atoms with van der Waals surface area (Å²) < 4.78 is 0. The van der Waals surface area contributed by atoms with Crippen LogP contribution in [-0.4, -0.2) is 37.0 Å². The van der Waals surface area contributed by atoms with Gasteiger partial charge in [0.15, 0.2) is 0 Å². The third-order valence-electron chi connectivity index (χ3n) is 3.74. The van der Waals surface area contributed by atoms with Crippen LogP contribution in [0.1, 0.15) is 32.6 Å².